The molecule has 7 heteroatoms. The van der Waals surface area contributed by atoms with Gasteiger partial charge in [0.25, 0.3) is 0 Å². The Morgan fingerprint density at radius 3 is 3.09 bits per heavy atom. The number of halogens is 1. The van der Waals surface area contributed by atoms with Gasteiger partial charge in [0.1, 0.15) is 17.6 Å². The number of rotatable bonds is 4. The lowest BCUT2D eigenvalue weighted by Gasteiger charge is -1.99. The molecule has 0 amide bonds. The third kappa shape index (κ3) is 3.10. The lowest BCUT2D eigenvalue weighted by molar-refractivity contribution is 0.573. The molecule has 114 valence electrons. The predicted molar refractivity (Wildman–Crippen MR) is 93.9 cm³/mol. The summed E-state index contributed by atoms with van der Waals surface area (Å²) in [5.41, 5.74) is 2.72. The summed E-state index contributed by atoms with van der Waals surface area (Å²) < 4.78 is 6.66. The van der Waals surface area contributed by atoms with Crippen molar-refractivity contribution in [3.8, 4) is 11.5 Å². The molecule has 0 aliphatic rings. The molecular weight excluding hydrogens is 350 g/mol. The van der Waals surface area contributed by atoms with Gasteiger partial charge in [0, 0.05) is 16.3 Å². The zero-order valence-corrected chi connectivity index (χ0v) is 14.2. The van der Waals surface area contributed by atoms with Crippen molar-refractivity contribution in [1.29, 1.82) is 0 Å². The molecular formula is C16H10ClN3OS2. The van der Waals surface area contributed by atoms with Crippen LogP contribution in [0.5, 0.6) is 0 Å². The molecule has 0 fully saturated rings. The predicted octanol–water partition coefficient (Wildman–Crippen LogP) is 5.29. The first-order valence-corrected chi connectivity index (χ1v) is 9.05. The summed E-state index contributed by atoms with van der Waals surface area (Å²) in [5.74, 6) is 1.26. The molecule has 0 unspecified atom stereocenters. The van der Waals surface area contributed by atoms with Crippen LogP contribution in [0.2, 0.25) is 5.02 Å². The van der Waals surface area contributed by atoms with Crippen LogP contribution < -0.4 is 0 Å². The summed E-state index contributed by atoms with van der Waals surface area (Å²) in [6.45, 7) is 0. The lowest BCUT2D eigenvalue weighted by atomic mass is 10.2. The summed E-state index contributed by atoms with van der Waals surface area (Å²) in [4.78, 5) is 13.1. The quantitative estimate of drug-likeness (QED) is 0.366. The first-order chi connectivity index (χ1) is 11.3. The van der Waals surface area contributed by atoms with Crippen molar-refractivity contribution in [3.63, 3.8) is 0 Å². The molecule has 0 spiro atoms. The Kier molecular flexibility index (Phi) is 4.03. The molecule has 0 saturated carbocycles. The van der Waals surface area contributed by atoms with E-state index in [1.165, 1.54) is 0 Å². The van der Waals surface area contributed by atoms with Crippen LogP contribution in [0.15, 0.2) is 57.7 Å². The maximum Gasteiger partial charge on any atom is 0.226 e. The molecule has 0 radical (unpaired) electrons. The summed E-state index contributed by atoms with van der Waals surface area (Å²) in [6, 6.07) is 9.47. The minimum absolute atomic E-state index is 0.576. The topological polar surface area (TPSA) is 51.8 Å². The van der Waals surface area contributed by atoms with Crippen molar-refractivity contribution in [1.82, 2.24) is 15.0 Å². The standard InChI is InChI=1S/C16H10ClN3OS2/c17-11-3-1-2-10(6-11)15-20-12(7-21-15)8-23-16-14-13(4-5-22-14)18-9-19-16/h1-7,9H,8H2. The third-order valence-corrected chi connectivity index (χ3v) is 5.49. The molecule has 0 bridgehead atoms. The number of thiophene rings is 1. The summed E-state index contributed by atoms with van der Waals surface area (Å²) >= 11 is 9.28. The van der Waals surface area contributed by atoms with Gasteiger partial charge < -0.3 is 4.42 Å². The number of aromatic nitrogens is 3. The van der Waals surface area contributed by atoms with E-state index >= 15 is 0 Å². The molecule has 4 rings (SSSR count). The van der Waals surface area contributed by atoms with Gasteiger partial charge in [0.15, 0.2) is 0 Å². The van der Waals surface area contributed by atoms with Gasteiger partial charge in [0.05, 0.1) is 15.9 Å². The van der Waals surface area contributed by atoms with Crippen LogP contribution in [0.25, 0.3) is 21.7 Å². The van der Waals surface area contributed by atoms with Crippen LogP contribution in [-0.4, -0.2) is 15.0 Å². The highest BCUT2D eigenvalue weighted by atomic mass is 35.5. The second kappa shape index (κ2) is 6.31. The molecule has 0 aliphatic carbocycles. The van der Waals surface area contributed by atoms with Gasteiger partial charge >= 0.3 is 0 Å². The van der Waals surface area contributed by atoms with Gasteiger partial charge in [-0.3, -0.25) is 0 Å². The first kappa shape index (κ1) is 14.7. The van der Waals surface area contributed by atoms with Crippen LogP contribution >= 0.6 is 34.7 Å². The minimum Gasteiger partial charge on any atom is -0.444 e. The van der Waals surface area contributed by atoms with E-state index in [-0.39, 0.29) is 0 Å². The lowest BCUT2D eigenvalue weighted by Crippen LogP contribution is -1.86. The average Bonchev–Trinajstić information content (AvgIpc) is 3.22. The second-order valence-corrected chi connectivity index (χ2v) is 7.07. The van der Waals surface area contributed by atoms with E-state index in [0.29, 0.717) is 16.7 Å². The summed E-state index contributed by atoms with van der Waals surface area (Å²) in [5, 5.41) is 3.66. The van der Waals surface area contributed by atoms with Crippen LogP contribution in [0.4, 0.5) is 0 Å². The van der Waals surface area contributed by atoms with Crippen molar-refractivity contribution in [3.05, 3.63) is 59.0 Å². The maximum absolute atomic E-state index is 6.00. The number of fused-ring (bicyclic) bond motifs is 1. The number of hydrogen-bond acceptors (Lipinski definition) is 6. The Morgan fingerprint density at radius 2 is 2.17 bits per heavy atom. The normalized spacial score (nSPS) is 11.2. The average molecular weight is 360 g/mol. The highest BCUT2D eigenvalue weighted by Gasteiger charge is 2.10. The largest absolute Gasteiger partial charge is 0.444 e. The molecule has 4 aromatic rings. The molecule has 23 heavy (non-hydrogen) atoms. The Hall–Kier alpha value is -1.89. The van der Waals surface area contributed by atoms with Crippen LogP contribution in [0, 0.1) is 0 Å². The Morgan fingerprint density at radius 1 is 1.22 bits per heavy atom. The second-order valence-electron chi connectivity index (χ2n) is 4.76. The third-order valence-electron chi connectivity index (χ3n) is 3.19. The number of oxazole rings is 1. The van der Waals surface area contributed by atoms with Crippen molar-refractivity contribution in [2.75, 3.05) is 0 Å². The minimum atomic E-state index is 0.576. The van der Waals surface area contributed by atoms with E-state index in [4.69, 9.17) is 16.0 Å². The van der Waals surface area contributed by atoms with E-state index in [1.807, 2.05) is 35.7 Å². The monoisotopic (exact) mass is 359 g/mol. The van der Waals surface area contributed by atoms with E-state index in [9.17, 15) is 0 Å². The van der Waals surface area contributed by atoms with Crippen LogP contribution in [0.3, 0.4) is 0 Å². The fourth-order valence-corrected chi connectivity index (χ4v) is 4.15. The highest BCUT2D eigenvalue weighted by Crippen LogP contribution is 2.31. The van der Waals surface area contributed by atoms with E-state index in [0.717, 1.165) is 26.5 Å². The van der Waals surface area contributed by atoms with Crippen molar-refractivity contribution < 1.29 is 4.42 Å². The molecule has 3 aromatic heterocycles. The van der Waals surface area contributed by atoms with Gasteiger partial charge in [-0.25, -0.2) is 15.0 Å². The maximum atomic E-state index is 6.00. The Bertz CT molecular complexity index is 967. The van der Waals surface area contributed by atoms with Crippen molar-refractivity contribution >= 4 is 44.9 Å². The van der Waals surface area contributed by atoms with Gasteiger partial charge in [0.2, 0.25) is 5.89 Å². The van der Waals surface area contributed by atoms with Gasteiger partial charge in [-0.15, -0.1) is 11.3 Å². The highest BCUT2D eigenvalue weighted by molar-refractivity contribution is 7.98. The molecule has 1 aromatic carbocycles. The van der Waals surface area contributed by atoms with E-state index < -0.39 is 0 Å². The van der Waals surface area contributed by atoms with Crippen molar-refractivity contribution in [2.45, 2.75) is 10.8 Å². The SMILES string of the molecule is Clc1cccc(-c2nc(CSc3ncnc4ccsc34)co2)c1. The van der Waals surface area contributed by atoms with Crippen LogP contribution in [-0.2, 0) is 5.75 Å². The van der Waals surface area contributed by atoms with Crippen LogP contribution in [0.1, 0.15) is 5.69 Å². The molecule has 0 N–H and O–H groups in total. The number of thioether (sulfide) groups is 1. The molecule has 0 atom stereocenters. The molecule has 3 heterocycles. The van der Waals surface area contributed by atoms with Gasteiger partial charge in [-0.1, -0.05) is 29.4 Å². The molecule has 0 aliphatic heterocycles. The summed E-state index contributed by atoms with van der Waals surface area (Å²) in [7, 11) is 0. The Labute approximate surface area is 145 Å². The van der Waals surface area contributed by atoms with E-state index in [2.05, 4.69) is 15.0 Å². The number of nitrogens with zero attached hydrogens (tertiary/aromatic N) is 3. The zero-order valence-electron chi connectivity index (χ0n) is 11.8. The van der Waals surface area contributed by atoms with Gasteiger partial charge in [-0.05, 0) is 29.6 Å². The smallest absolute Gasteiger partial charge is 0.226 e. The van der Waals surface area contributed by atoms with Gasteiger partial charge in [-0.2, -0.15) is 0 Å². The fraction of sp³-hybridized carbons (Fsp3) is 0.0625. The van der Waals surface area contributed by atoms with E-state index in [1.54, 1.807) is 35.7 Å². The Balaban J connectivity index is 1.53. The van der Waals surface area contributed by atoms with Crippen molar-refractivity contribution in [2.24, 2.45) is 0 Å². The molecule has 0 saturated heterocycles. The first-order valence-electron chi connectivity index (χ1n) is 6.81. The summed E-state index contributed by atoms with van der Waals surface area (Å²) in [6.07, 6.45) is 3.27. The number of hydrogen-bond donors (Lipinski definition) is 0. The fourth-order valence-electron chi connectivity index (χ4n) is 2.14. The zero-order chi connectivity index (χ0) is 15.6. The number of benzene rings is 1. The molecule has 4 nitrogen and oxygen atoms in total.